The fraction of sp³-hybridized carbons (Fsp3) is 0. The molecular formula is C8H4ClN3O2S. The van der Waals surface area contributed by atoms with Gasteiger partial charge in [0.1, 0.15) is 10.7 Å². The van der Waals surface area contributed by atoms with Gasteiger partial charge < -0.3 is 0 Å². The molecule has 7 heteroatoms. The summed E-state index contributed by atoms with van der Waals surface area (Å²) >= 11 is 6.87. The van der Waals surface area contributed by atoms with Crippen LogP contribution in [-0.2, 0) is 0 Å². The highest BCUT2D eigenvalue weighted by atomic mass is 35.5. The molecule has 0 N–H and O–H groups in total. The minimum atomic E-state index is -0.522. The van der Waals surface area contributed by atoms with Crippen molar-refractivity contribution in [1.29, 1.82) is 0 Å². The van der Waals surface area contributed by atoms with Crippen molar-refractivity contribution < 1.29 is 4.92 Å². The van der Waals surface area contributed by atoms with Gasteiger partial charge in [-0.2, -0.15) is 0 Å². The molecule has 0 radical (unpaired) electrons. The lowest BCUT2D eigenvalue weighted by atomic mass is 10.1. The third-order valence-corrected chi connectivity index (χ3v) is 2.62. The Hall–Kier alpha value is -1.53. The lowest BCUT2D eigenvalue weighted by Gasteiger charge is -1.97. The van der Waals surface area contributed by atoms with E-state index in [4.69, 9.17) is 11.6 Å². The summed E-state index contributed by atoms with van der Waals surface area (Å²) in [5.41, 5.74) is 1.13. The SMILES string of the molecule is O=[N+]([O-])c1cc(-c2csnn2)ccc1Cl. The Bertz CT molecular complexity index is 501. The van der Waals surface area contributed by atoms with E-state index >= 15 is 0 Å². The van der Waals surface area contributed by atoms with Gasteiger partial charge >= 0.3 is 0 Å². The predicted molar refractivity (Wildman–Crippen MR) is 57.0 cm³/mol. The van der Waals surface area contributed by atoms with Crippen LogP contribution < -0.4 is 0 Å². The number of hydrogen-bond acceptors (Lipinski definition) is 5. The molecule has 76 valence electrons. The summed E-state index contributed by atoms with van der Waals surface area (Å²) in [6.45, 7) is 0. The number of hydrogen-bond donors (Lipinski definition) is 0. The zero-order valence-corrected chi connectivity index (χ0v) is 8.83. The van der Waals surface area contributed by atoms with Gasteiger partial charge in [-0.25, -0.2) is 0 Å². The van der Waals surface area contributed by atoms with Crippen molar-refractivity contribution in [2.24, 2.45) is 0 Å². The Balaban J connectivity index is 2.52. The maximum absolute atomic E-state index is 10.6. The fourth-order valence-electron chi connectivity index (χ4n) is 1.10. The van der Waals surface area contributed by atoms with Crippen molar-refractivity contribution in [3.05, 3.63) is 38.7 Å². The Morgan fingerprint density at radius 1 is 1.47 bits per heavy atom. The summed E-state index contributed by atoms with van der Waals surface area (Å²) in [7, 11) is 0. The van der Waals surface area contributed by atoms with Crippen LogP contribution in [0.2, 0.25) is 5.02 Å². The van der Waals surface area contributed by atoms with E-state index in [0.29, 0.717) is 11.3 Å². The van der Waals surface area contributed by atoms with Crippen molar-refractivity contribution in [3.63, 3.8) is 0 Å². The number of benzene rings is 1. The molecule has 0 bridgehead atoms. The van der Waals surface area contributed by atoms with Crippen LogP contribution >= 0.6 is 23.1 Å². The Morgan fingerprint density at radius 2 is 2.27 bits per heavy atom. The molecule has 0 saturated carbocycles. The summed E-state index contributed by atoms with van der Waals surface area (Å²) in [5, 5.41) is 16.3. The van der Waals surface area contributed by atoms with E-state index in [9.17, 15) is 10.1 Å². The average molecular weight is 242 g/mol. The highest BCUT2D eigenvalue weighted by Gasteiger charge is 2.14. The number of nitro groups is 1. The summed E-state index contributed by atoms with van der Waals surface area (Å²) in [5.74, 6) is 0. The van der Waals surface area contributed by atoms with Gasteiger partial charge in [-0.05, 0) is 17.6 Å². The Labute approximate surface area is 93.6 Å². The number of nitrogens with zero attached hydrogens (tertiary/aromatic N) is 3. The van der Waals surface area contributed by atoms with Gasteiger partial charge in [-0.3, -0.25) is 10.1 Å². The van der Waals surface area contributed by atoms with Crippen molar-refractivity contribution in [3.8, 4) is 11.3 Å². The normalized spacial score (nSPS) is 10.2. The molecule has 0 unspecified atom stereocenters. The van der Waals surface area contributed by atoms with Crippen LogP contribution in [0.3, 0.4) is 0 Å². The van der Waals surface area contributed by atoms with Crippen LogP contribution in [0.25, 0.3) is 11.3 Å². The van der Waals surface area contributed by atoms with E-state index in [1.807, 2.05) is 0 Å². The van der Waals surface area contributed by atoms with Gasteiger partial charge in [0.25, 0.3) is 5.69 Å². The quantitative estimate of drug-likeness (QED) is 0.599. The Morgan fingerprint density at radius 3 is 2.87 bits per heavy atom. The first kappa shape index (κ1) is 10.0. The summed E-state index contributed by atoms with van der Waals surface area (Å²) in [6, 6.07) is 4.54. The molecule has 15 heavy (non-hydrogen) atoms. The number of aromatic nitrogens is 2. The van der Waals surface area contributed by atoms with Gasteiger partial charge in [0.05, 0.1) is 4.92 Å². The second-order valence-electron chi connectivity index (χ2n) is 2.71. The van der Waals surface area contributed by atoms with Crippen LogP contribution in [-0.4, -0.2) is 14.5 Å². The minimum absolute atomic E-state index is 0.118. The van der Waals surface area contributed by atoms with Crippen LogP contribution in [0, 0.1) is 10.1 Å². The van der Waals surface area contributed by atoms with Crippen molar-refractivity contribution in [1.82, 2.24) is 9.59 Å². The van der Waals surface area contributed by atoms with E-state index in [1.165, 1.54) is 23.7 Å². The molecule has 2 rings (SSSR count). The first-order chi connectivity index (χ1) is 7.18. The van der Waals surface area contributed by atoms with Gasteiger partial charge in [-0.15, -0.1) is 5.10 Å². The maximum Gasteiger partial charge on any atom is 0.288 e. The molecule has 0 spiro atoms. The average Bonchev–Trinajstić information content (AvgIpc) is 2.71. The summed E-state index contributed by atoms with van der Waals surface area (Å²) in [6.07, 6.45) is 0. The minimum Gasteiger partial charge on any atom is -0.258 e. The zero-order valence-electron chi connectivity index (χ0n) is 7.25. The lowest BCUT2D eigenvalue weighted by molar-refractivity contribution is -0.384. The molecule has 2 aromatic rings. The van der Waals surface area contributed by atoms with E-state index in [1.54, 1.807) is 11.4 Å². The molecule has 0 aliphatic rings. The molecule has 1 aromatic heterocycles. The van der Waals surface area contributed by atoms with Gasteiger partial charge in [0.2, 0.25) is 0 Å². The summed E-state index contributed by atoms with van der Waals surface area (Å²) in [4.78, 5) is 10.1. The topological polar surface area (TPSA) is 68.9 Å². The van der Waals surface area contributed by atoms with Gasteiger partial charge in [0.15, 0.2) is 0 Å². The van der Waals surface area contributed by atoms with Gasteiger partial charge in [-0.1, -0.05) is 22.2 Å². The van der Waals surface area contributed by atoms with E-state index in [2.05, 4.69) is 9.59 Å². The van der Waals surface area contributed by atoms with E-state index < -0.39 is 4.92 Å². The molecule has 1 aromatic carbocycles. The zero-order chi connectivity index (χ0) is 10.8. The van der Waals surface area contributed by atoms with E-state index in [-0.39, 0.29) is 10.7 Å². The van der Waals surface area contributed by atoms with Crippen molar-refractivity contribution in [2.75, 3.05) is 0 Å². The van der Waals surface area contributed by atoms with Crippen LogP contribution in [0.4, 0.5) is 5.69 Å². The van der Waals surface area contributed by atoms with Crippen molar-refractivity contribution >= 4 is 28.8 Å². The summed E-state index contributed by atoms with van der Waals surface area (Å²) < 4.78 is 3.68. The van der Waals surface area contributed by atoms with Crippen LogP contribution in [0.15, 0.2) is 23.6 Å². The largest absolute Gasteiger partial charge is 0.288 e. The molecule has 0 fully saturated rings. The third-order valence-electron chi connectivity index (χ3n) is 1.80. The molecule has 0 atom stereocenters. The smallest absolute Gasteiger partial charge is 0.258 e. The van der Waals surface area contributed by atoms with Gasteiger partial charge in [0, 0.05) is 17.0 Å². The second kappa shape index (κ2) is 3.92. The highest BCUT2D eigenvalue weighted by Crippen LogP contribution is 2.29. The third kappa shape index (κ3) is 1.95. The van der Waals surface area contributed by atoms with E-state index in [0.717, 1.165) is 0 Å². The van der Waals surface area contributed by atoms with Crippen LogP contribution in [0.1, 0.15) is 0 Å². The first-order valence-corrected chi connectivity index (χ1v) is 5.11. The number of halogens is 1. The molecule has 0 aliphatic heterocycles. The van der Waals surface area contributed by atoms with Crippen LogP contribution in [0.5, 0.6) is 0 Å². The highest BCUT2D eigenvalue weighted by molar-refractivity contribution is 7.03. The molecule has 0 saturated heterocycles. The number of nitro benzene ring substituents is 1. The first-order valence-electron chi connectivity index (χ1n) is 3.90. The molecule has 0 aliphatic carbocycles. The monoisotopic (exact) mass is 241 g/mol. The lowest BCUT2D eigenvalue weighted by Crippen LogP contribution is -1.90. The van der Waals surface area contributed by atoms with Crippen molar-refractivity contribution in [2.45, 2.75) is 0 Å². The number of rotatable bonds is 2. The molecule has 0 amide bonds. The fourth-order valence-corrected chi connectivity index (χ4v) is 1.75. The molecule has 5 nitrogen and oxygen atoms in total. The molecule has 1 heterocycles. The Kier molecular flexibility index (Phi) is 2.61. The molecular weight excluding hydrogens is 238 g/mol. The maximum atomic E-state index is 10.6. The predicted octanol–water partition coefficient (Wildman–Crippen LogP) is 2.77. The standard InChI is InChI=1S/C8H4ClN3O2S/c9-6-2-1-5(3-8(6)12(13)14)7-4-15-11-10-7/h1-4H. The second-order valence-corrected chi connectivity index (χ2v) is 3.73.